The summed E-state index contributed by atoms with van der Waals surface area (Å²) in [4.78, 5) is 9.49. The highest BCUT2D eigenvalue weighted by molar-refractivity contribution is 6.32. The van der Waals surface area contributed by atoms with Crippen LogP contribution in [0.2, 0.25) is 10.3 Å². The molecular formula is C4HCl2N3O2. The SMILES string of the molecule is O=[N+]([O-])c1cc(Cl)nnc1Cl. The zero-order chi connectivity index (χ0) is 8.43. The lowest BCUT2D eigenvalue weighted by Crippen LogP contribution is -1.93. The van der Waals surface area contributed by atoms with Gasteiger partial charge in [-0.25, -0.2) is 0 Å². The van der Waals surface area contributed by atoms with Crippen molar-refractivity contribution in [3.05, 3.63) is 26.5 Å². The molecular weight excluding hydrogens is 193 g/mol. The Morgan fingerprint density at radius 1 is 1.45 bits per heavy atom. The highest BCUT2D eigenvalue weighted by atomic mass is 35.5. The van der Waals surface area contributed by atoms with E-state index in [0.717, 1.165) is 6.07 Å². The Hall–Kier alpha value is -0.940. The molecule has 1 rings (SSSR count). The third kappa shape index (κ3) is 1.75. The van der Waals surface area contributed by atoms with Gasteiger partial charge in [0.15, 0.2) is 5.15 Å². The fraction of sp³-hybridized carbons (Fsp3) is 0. The van der Waals surface area contributed by atoms with Gasteiger partial charge in [-0.15, -0.1) is 10.2 Å². The molecule has 0 atom stereocenters. The molecule has 1 aromatic heterocycles. The summed E-state index contributed by atoms with van der Waals surface area (Å²) in [6.07, 6.45) is 0. The topological polar surface area (TPSA) is 68.9 Å². The minimum Gasteiger partial charge on any atom is -0.258 e. The fourth-order valence-corrected chi connectivity index (χ4v) is 0.775. The molecule has 0 unspecified atom stereocenters. The summed E-state index contributed by atoms with van der Waals surface area (Å²) in [7, 11) is 0. The summed E-state index contributed by atoms with van der Waals surface area (Å²) in [5.74, 6) is 0. The number of aromatic nitrogens is 2. The first kappa shape index (κ1) is 8.16. The summed E-state index contributed by atoms with van der Waals surface area (Å²) < 4.78 is 0. The van der Waals surface area contributed by atoms with Crippen LogP contribution in [-0.2, 0) is 0 Å². The zero-order valence-electron chi connectivity index (χ0n) is 4.99. The summed E-state index contributed by atoms with van der Waals surface area (Å²) in [5.41, 5.74) is -0.341. The van der Waals surface area contributed by atoms with Gasteiger partial charge in [0.05, 0.1) is 11.0 Å². The van der Waals surface area contributed by atoms with Crippen molar-refractivity contribution in [1.82, 2.24) is 10.2 Å². The third-order valence-corrected chi connectivity index (χ3v) is 1.35. The highest BCUT2D eigenvalue weighted by Crippen LogP contribution is 2.22. The Bertz CT molecular complexity index is 303. The molecule has 0 aromatic carbocycles. The number of nitro groups is 1. The molecule has 0 aliphatic heterocycles. The van der Waals surface area contributed by atoms with Gasteiger partial charge in [0, 0.05) is 0 Å². The average Bonchev–Trinajstić information content (AvgIpc) is 1.94. The molecule has 0 bridgehead atoms. The monoisotopic (exact) mass is 193 g/mol. The molecule has 0 aliphatic rings. The lowest BCUT2D eigenvalue weighted by atomic mass is 10.5. The predicted octanol–water partition coefficient (Wildman–Crippen LogP) is 1.69. The first-order valence-corrected chi connectivity index (χ1v) is 3.20. The number of hydrogen-bond acceptors (Lipinski definition) is 4. The van der Waals surface area contributed by atoms with Crippen LogP contribution < -0.4 is 0 Å². The van der Waals surface area contributed by atoms with Crippen LogP contribution in [0, 0.1) is 10.1 Å². The molecule has 11 heavy (non-hydrogen) atoms. The molecule has 0 N–H and O–H groups in total. The van der Waals surface area contributed by atoms with Gasteiger partial charge < -0.3 is 0 Å². The van der Waals surface area contributed by atoms with E-state index in [2.05, 4.69) is 10.2 Å². The van der Waals surface area contributed by atoms with E-state index in [1.54, 1.807) is 0 Å². The number of halogens is 2. The van der Waals surface area contributed by atoms with Crippen molar-refractivity contribution < 1.29 is 4.92 Å². The van der Waals surface area contributed by atoms with Crippen LogP contribution >= 0.6 is 23.2 Å². The van der Waals surface area contributed by atoms with Crippen molar-refractivity contribution in [2.75, 3.05) is 0 Å². The number of rotatable bonds is 1. The van der Waals surface area contributed by atoms with E-state index in [0.29, 0.717) is 0 Å². The number of nitrogens with zero attached hydrogens (tertiary/aromatic N) is 3. The van der Waals surface area contributed by atoms with Crippen molar-refractivity contribution in [3.8, 4) is 0 Å². The summed E-state index contributed by atoms with van der Waals surface area (Å²) in [6, 6.07) is 1.04. The van der Waals surface area contributed by atoms with Gasteiger partial charge in [-0.3, -0.25) is 10.1 Å². The molecule has 5 nitrogen and oxygen atoms in total. The Morgan fingerprint density at radius 2 is 2.09 bits per heavy atom. The maximum atomic E-state index is 10.2. The molecule has 1 aromatic rings. The Kier molecular flexibility index (Phi) is 2.21. The first-order chi connectivity index (χ1) is 5.11. The molecule has 0 spiro atoms. The quantitative estimate of drug-likeness (QED) is 0.503. The van der Waals surface area contributed by atoms with Crippen molar-refractivity contribution in [2.24, 2.45) is 0 Å². The smallest absolute Gasteiger partial charge is 0.258 e. The molecule has 7 heteroatoms. The van der Waals surface area contributed by atoms with Gasteiger partial charge in [-0.2, -0.15) is 0 Å². The lowest BCUT2D eigenvalue weighted by molar-refractivity contribution is -0.385. The van der Waals surface area contributed by atoms with Gasteiger partial charge in [-0.1, -0.05) is 23.2 Å². The molecule has 58 valence electrons. The summed E-state index contributed by atoms with van der Waals surface area (Å²) >= 11 is 10.6. The molecule has 0 saturated carbocycles. The Morgan fingerprint density at radius 3 is 2.55 bits per heavy atom. The minimum absolute atomic E-state index is 0.0545. The zero-order valence-corrected chi connectivity index (χ0v) is 6.50. The van der Waals surface area contributed by atoms with Gasteiger partial charge in [0.1, 0.15) is 0 Å². The van der Waals surface area contributed by atoms with Crippen LogP contribution in [0.25, 0.3) is 0 Å². The second-order valence-corrected chi connectivity index (χ2v) is 2.35. The lowest BCUT2D eigenvalue weighted by Gasteiger charge is -1.91. The van der Waals surface area contributed by atoms with E-state index in [1.807, 2.05) is 0 Å². The second-order valence-electron chi connectivity index (χ2n) is 1.60. The van der Waals surface area contributed by atoms with Crippen LogP contribution in [0.1, 0.15) is 0 Å². The minimum atomic E-state index is -0.678. The highest BCUT2D eigenvalue weighted by Gasteiger charge is 2.14. The van der Waals surface area contributed by atoms with Crippen LogP contribution in [0.5, 0.6) is 0 Å². The second kappa shape index (κ2) is 2.98. The van der Waals surface area contributed by atoms with E-state index in [9.17, 15) is 10.1 Å². The van der Waals surface area contributed by atoms with E-state index in [4.69, 9.17) is 23.2 Å². The van der Waals surface area contributed by atoms with E-state index in [-0.39, 0.29) is 16.0 Å². The van der Waals surface area contributed by atoms with Crippen molar-refractivity contribution >= 4 is 28.9 Å². The number of hydrogen-bond donors (Lipinski definition) is 0. The Balaban J connectivity index is 3.23. The molecule has 0 aliphatic carbocycles. The first-order valence-electron chi connectivity index (χ1n) is 2.44. The predicted molar refractivity (Wildman–Crippen MR) is 38.7 cm³/mol. The third-order valence-electron chi connectivity index (χ3n) is 0.897. The van der Waals surface area contributed by atoms with Crippen LogP contribution in [0.15, 0.2) is 6.07 Å². The van der Waals surface area contributed by atoms with Crippen molar-refractivity contribution in [2.45, 2.75) is 0 Å². The van der Waals surface area contributed by atoms with Gasteiger partial charge in [-0.05, 0) is 0 Å². The Labute approximate surface area is 71.1 Å². The summed E-state index contributed by atoms with van der Waals surface area (Å²) in [6.45, 7) is 0. The van der Waals surface area contributed by atoms with Gasteiger partial charge in [0.2, 0.25) is 5.15 Å². The van der Waals surface area contributed by atoms with Gasteiger partial charge >= 0.3 is 5.69 Å². The molecule has 0 fully saturated rings. The van der Waals surface area contributed by atoms with Crippen LogP contribution in [-0.4, -0.2) is 15.1 Å². The molecule has 0 amide bonds. The maximum absolute atomic E-state index is 10.2. The standard InChI is InChI=1S/C4HCl2N3O2/c5-3-1-2(9(10)11)4(6)8-7-3/h1H. The summed E-state index contributed by atoms with van der Waals surface area (Å²) in [5, 5.41) is 16.4. The van der Waals surface area contributed by atoms with Gasteiger partial charge in [0.25, 0.3) is 0 Å². The largest absolute Gasteiger partial charge is 0.311 e. The fourth-order valence-electron chi connectivity index (χ4n) is 0.472. The van der Waals surface area contributed by atoms with E-state index in [1.165, 1.54) is 0 Å². The molecule has 0 saturated heterocycles. The van der Waals surface area contributed by atoms with Crippen molar-refractivity contribution in [1.29, 1.82) is 0 Å². The maximum Gasteiger partial charge on any atom is 0.311 e. The van der Waals surface area contributed by atoms with E-state index < -0.39 is 4.92 Å². The van der Waals surface area contributed by atoms with Crippen LogP contribution in [0.3, 0.4) is 0 Å². The molecule has 1 heterocycles. The molecule has 0 radical (unpaired) electrons. The normalized spacial score (nSPS) is 9.64. The van der Waals surface area contributed by atoms with E-state index >= 15 is 0 Å². The average molecular weight is 194 g/mol. The van der Waals surface area contributed by atoms with Crippen molar-refractivity contribution in [3.63, 3.8) is 0 Å². The van der Waals surface area contributed by atoms with Crippen LogP contribution in [0.4, 0.5) is 5.69 Å².